The summed E-state index contributed by atoms with van der Waals surface area (Å²) in [6, 6.07) is 22.9. The van der Waals surface area contributed by atoms with Crippen LogP contribution in [0.25, 0.3) is 0 Å². The number of carbonyl (C=O) groups excluding carboxylic acids is 6. The van der Waals surface area contributed by atoms with E-state index in [-0.39, 0.29) is 35.3 Å². The molecular formula is C47H51NO14. The number of benzene rings is 3. The van der Waals surface area contributed by atoms with E-state index in [1.165, 1.54) is 26.0 Å². The Bertz CT molecular complexity index is 2280. The maximum atomic E-state index is 15.5. The summed E-state index contributed by atoms with van der Waals surface area (Å²) in [4.78, 5) is 83.5. The summed E-state index contributed by atoms with van der Waals surface area (Å²) in [5.74, 6) is -6.84. The molecule has 0 aromatic heterocycles. The summed E-state index contributed by atoms with van der Waals surface area (Å²) >= 11 is 0. The molecule has 2 saturated carbocycles. The molecule has 2 bridgehead atoms. The Morgan fingerprint density at radius 3 is 1.95 bits per heavy atom. The third-order valence-corrected chi connectivity index (χ3v) is 13.5. The van der Waals surface area contributed by atoms with Crippen LogP contribution in [0.2, 0.25) is 0 Å². The van der Waals surface area contributed by atoms with Gasteiger partial charge < -0.3 is 44.3 Å². The highest BCUT2D eigenvalue weighted by Crippen LogP contribution is 2.64. The molecule has 3 aromatic carbocycles. The Morgan fingerprint density at radius 2 is 1.40 bits per heavy atom. The van der Waals surface area contributed by atoms with Crippen molar-refractivity contribution < 1.29 is 67.8 Å². The number of ketones is 1. The fourth-order valence-electron chi connectivity index (χ4n) is 10.2. The molecule has 328 valence electrons. The average Bonchev–Trinajstić information content (AvgIpc) is 3.24. The monoisotopic (exact) mass is 853 g/mol. The highest BCUT2D eigenvalue weighted by Gasteiger charge is 2.78. The third-order valence-electron chi connectivity index (χ3n) is 13.5. The molecule has 15 nitrogen and oxygen atoms in total. The van der Waals surface area contributed by atoms with Gasteiger partial charge in [-0.1, -0.05) is 80.6 Å². The minimum atomic E-state index is -2.39. The number of Topliss-reactive ketones (excluding diaryl/α,β-unsaturated/α-hetero) is 1. The minimum absolute atomic E-state index is 0.00289. The van der Waals surface area contributed by atoms with Gasteiger partial charge in [0, 0.05) is 37.7 Å². The molecule has 0 unspecified atom stereocenters. The molecule has 3 fully saturated rings. The number of ether oxygens (including phenoxy) is 5. The van der Waals surface area contributed by atoms with E-state index in [0.717, 1.165) is 13.8 Å². The lowest BCUT2D eigenvalue weighted by atomic mass is 9.44. The summed E-state index contributed by atoms with van der Waals surface area (Å²) in [7, 11) is 0. The van der Waals surface area contributed by atoms with Crippen molar-refractivity contribution in [1.29, 1.82) is 0 Å². The van der Waals surface area contributed by atoms with Gasteiger partial charge in [0.15, 0.2) is 23.6 Å². The van der Waals surface area contributed by atoms with E-state index in [1.807, 2.05) is 0 Å². The van der Waals surface area contributed by atoms with Crippen LogP contribution in [0.4, 0.5) is 0 Å². The zero-order valence-electron chi connectivity index (χ0n) is 35.2. The van der Waals surface area contributed by atoms with Gasteiger partial charge in [-0.15, -0.1) is 0 Å². The first-order valence-electron chi connectivity index (χ1n) is 20.5. The number of hydrogen-bond donors (Lipinski definition) is 4. The topological polar surface area (TPSA) is 221 Å². The van der Waals surface area contributed by atoms with Crippen LogP contribution < -0.4 is 5.32 Å². The van der Waals surface area contributed by atoms with Crippen LogP contribution in [0.15, 0.2) is 102 Å². The van der Waals surface area contributed by atoms with Crippen molar-refractivity contribution in [3.63, 3.8) is 0 Å². The molecule has 1 heterocycles. The van der Waals surface area contributed by atoms with Crippen molar-refractivity contribution in [2.24, 2.45) is 16.7 Å². The van der Waals surface area contributed by atoms with Crippen LogP contribution in [0.5, 0.6) is 0 Å². The molecule has 3 aromatic rings. The maximum absolute atomic E-state index is 15.5. The zero-order valence-corrected chi connectivity index (χ0v) is 35.2. The number of hydrogen-bond acceptors (Lipinski definition) is 14. The van der Waals surface area contributed by atoms with E-state index < -0.39 is 113 Å². The molecule has 62 heavy (non-hydrogen) atoms. The molecular weight excluding hydrogens is 803 g/mol. The summed E-state index contributed by atoms with van der Waals surface area (Å²) < 4.78 is 30.3. The van der Waals surface area contributed by atoms with E-state index in [4.69, 9.17) is 23.7 Å². The number of nitrogens with one attached hydrogen (secondary N) is 1. The van der Waals surface area contributed by atoms with Gasteiger partial charge in [-0.3, -0.25) is 19.2 Å². The van der Waals surface area contributed by atoms with Crippen molar-refractivity contribution in [3.8, 4) is 0 Å². The Kier molecular flexibility index (Phi) is 11.8. The van der Waals surface area contributed by atoms with E-state index in [9.17, 15) is 39.3 Å². The average molecular weight is 854 g/mol. The lowest BCUT2D eigenvalue weighted by molar-refractivity contribution is -0.346. The number of amides is 1. The minimum Gasteiger partial charge on any atom is -0.456 e. The van der Waals surface area contributed by atoms with E-state index in [2.05, 4.69) is 5.32 Å². The largest absolute Gasteiger partial charge is 0.456 e. The highest BCUT2D eigenvalue weighted by atomic mass is 16.6. The molecule has 15 heteroatoms. The van der Waals surface area contributed by atoms with Gasteiger partial charge in [0.05, 0.1) is 35.6 Å². The first kappa shape index (κ1) is 44.3. The van der Waals surface area contributed by atoms with Crippen molar-refractivity contribution in [3.05, 3.63) is 119 Å². The lowest BCUT2D eigenvalue weighted by Gasteiger charge is -2.67. The van der Waals surface area contributed by atoms with Crippen LogP contribution in [0.1, 0.15) is 86.7 Å². The van der Waals surface area contributed by atoms with Crippen LogP contribution in [-0.4, -0.2) is 105 Å². The van der Waals surface area contributed by atoms with Gasteiger partial charge in [0.25, 0.3) is 5.91 Å². The smallest absolute Gasteiger partial charge is 0.338 e. The summed E-state index contributed by atoms with van der Waals surface area (Å²) in [6.07, 6.45) is -10.5. The normalized spacial score (nSPS) is 31.9. The zero-order chi connectivity index (χ0) is 44.9. The first-order chi connectivity index (χ1) is 29.3. The van der Waals surface area contributed by atoms with Crippen LogP contribution in [-0.2, 0) is 42.9 Å². The van der Waals surface area contributed by atoms with Gasteiger partial charge in [-0.25, -0.2) is 9.59 Å². The SMILES string of the molecule is CC(=O)O[C@@H]1C(=O)[C@]2(C)[C@H](O)C[C@@H]3OC[C@]3(OC(C)=O)[C@@H]2[C@H](OC(=O)c2ccccc2)[C@@]2(O)C[C@H](OC(=O)[C@H](O)[C@@H](NC(=O)c3ccccc3)c3ccccc3)C(C)=C1C2(C)C. The fourth-order valence-corrected chi connectivity index (χ4v) is 10.2. The molecule has 4 aliphatic rings. The first-order valence-corrected chi connectivity index (χ1v) is 20.5. The number of rotatable bonds is 10. The molecule has 7 rings (SSSR count). The van der Waals surface area contributed by atoms with Gasteiger partial charge in [-0.05, 0) is 54.8 Å². The molecule has 11 atom stereocenters. The van der Waals surface area contributed by atoms with Gasteiger partial charge in [0.2, 0.25) is 0 Å². The van der Waals surface area contributed by atoms with Gasteiger partial charge in [0.1, 0.15) is 23.9 Å². The number of carbonyl (C=O) groups is 6. The van der Waals surface area contributed by atoms with Crippen LogP contribution in [0, 0.1) is 16.7 Å². The number of aliphatic hydroxyl groups is 3. The van der Waals surface area contributed by atoms with Crippen molar-refractivity contribution >= 4 is 35.6 Å². The highest BCUT2D eigenvalue weighted by molar-refractivity contribution is 5.96. The molecule has 0 radical (unpaired) electrons. The summed E-state index contributed by atoms with van der Waals surface area (Å²) in [5, 5.41) is 40.2. The van der Waals surface area contributed by atoms with E-state index in [1.54, 1.807) is 92.7 Å². The predicted molar refractivity (Wildman–Crippen MR) is 218 cm³/mol. The fraction of sp³-hybridized carbons (Fsp3) is 0.447. The van der Waals surface area contributed by atoms with E-state index >= 15 is 4.79 Å². The van der Waals surface area contributed by atoms with Crippen molar-refractivity contribution in [1.82, 2.24) is 5.32 Å². The van der Waals surface area contributed by atoms with E-state index in [0.29, 0.717) is 5.56 Å². The maximum Gasteiger partial charge on any atom is 0.338 e. The van der Waals surface area contributed by atoms with Crippen molar-refractivity contribution in [2.75, 3.05) is 6.61 Å². The molecule has 1 aliphatic heterocycles. The Hall–Kier alpha value is -5.74. The Morgan fingerprint density at radius 1 is 0.823 bits per heavy atom. The molecule has 3 aliphatic carbocycles. The van der Waals surface area contributed by atoms with Gasteiger partial charge >= 0.3 is 23.9 Å². The summed E-state index contributed by atoms with van der Waals surface area (Å²) in [5.41, 5.74) is -7.02. The second kappa shape index (κ2) is 16.5. The van der Waals surface area contributed by atoms with Crippen LogP contribution >= 0.6 is 0 Å². The molecule has 1 amide bonds. The second-order valence-corrected chi connectivity index (χ2v) is 17.4. The number of aliphatic hydroxyl groups excluding tert-OH is 2. The number of esters is 4. The summed E-state index contributed by atoms with van der Waals surface area (Å²) in [6.45, 7) is 7.97. The molecule has 0 spiro atoms. The Labute approximate surface area is 358 Å². The van der Waals surface area contributed by atoms with Crippen LogP contribution in [0.3, 0.4) is 0 Å². The lowest BCUT2D eigenvalue weighted by Crippen LogP contribution is -2.82. The van der Waals surface area contributed by atoms with Gasteiger partial charge in [-0.2, -0.15) is 0 Å². The predicted octanol–water partition coefficient (Wildman–Crippen LogP) is 3.74. The molecule has 1 saturated heterocycles. The standard InChI is InChI=1S/C47H51NO14/c1-25-31(60-43(56)36(52)35(28-16-10-7-11-17-28)48-41(54)29-18-12-8-13-19-29)23-47(57)40(61-42(55)30-20-14-9-15-21-30)38-45(6,32(51)22-33-46(38,24-58-33)62-27(3)50)39(53)37(59-26(2)49)34(25)44(47,4)5/h7-21,31-33,35-38,40,51-52,57H,22-24H2,1-6H3,(H,48,54)/t31-,32+,33-,35-,36+,37-,38+,40-,45+,46+,47-/m0/s1. The molecule has 4 N–H and O–H groups in total. The quantitative estimate of drug-likeness (QED) is 0.130. The second-order valence-electron chi connectivity index (χ2n) is 17.4. The number of fused-ring (bicyclic) bond motifs is 5. The third kappa shape index (κ3) is 7.29. The Balaban J connectivity index is 1.39. The van der Waals surface area contributed by atoms with Crippen molar-refractivity contribution in [2.45, 2.75) is 108 Å².